The van der Waals surface area contributed by atoms with Crippen LogP contribution in [0.5, 0.6) is 5.75 Å². The number of benzene rings is 3. The zero-order chi connectivity index (χ0) is 29.8. The number of nitrogens with zero attached hydrogens (tertiary/aromatic N) is 4. The fraction of sp³-hybridized carbons (Fsp3) is 0.242. The van der Waals surface area contributed by atoms with Gasteiger partial charge in [0.15, 0.2) is 0 Å². The first-order valence-corrected chi connectivity index (χ1v) is 13.7. The molecule has 0 saturated carbocycles. The molecule has 0 radical (unpaired) electrons. The summed E-state index contributed by atoms with van der Waals surface area (Å²) in [7, 11) is 1.69. The molecule has 42 heavy (non-hydrogen) atoms. The molecule has 0 aromatic heterocycles. The molecule has 0 aliphatic carbocycles. The molecular formula is C33H33N5O4. The highest BCUT2D eigenvalue weighted by molar-refractivity contribution is 5.93. The van der Waals surface area contributed by atoms with E-state index in [0.717, 1.165) is 21.9 Å². The minimum Gasteiger partial charge on any atom is -0.508 e. The number of likely N-dealkylation sites (N-methyl/N-ethyl adjacent to an activating group) is 1. The molecule has 0 spiro atoms. The van der Waals surface area contributed by atoms with Crippen LogP contribution in [-0.2, 0) is 16.1 Å². The standard InChI is InChI=1S/C33H33N5O4/c1-4-6-10-23(5-2)19-34-33(42)38-29-21-36(20-26-13-9-12-24-11-7-8-14-28(24)26)32(41)31(25-15-17-27(39)18-16-25)37(29)30(40)22-35(38)3/h1,5-18,29,31,39H,19-22H2,2-3H3,(H,34,42)/b10-6-,23-5+/t29-,31-/m1/s1. The number of aromatic hydroxyl groups is 1. The van der Waals surface area contributed by atoms with Crippen LogP contribution in [0.15, 0.2) is 90.5 Å². The molecule has 3 aromatic carbocycles. The molecule has 3 aromatic rings. The summed E-state index contributed by atoms with van der Waals surface area (Å²) in [6, 6.07) is 18.8. The summed E-state index contributed by atoms with van der Waals surface area (Å²) in [5, 5.41) is 18.0. The average Bonchev–Trinajstić information content (AvgIpc) is 2.99. The Kier molecular flexibility index (Phi) is 8.27. The summed E-state index contributed by atoms with van der Waals surface area (Å²) in [6.07, 6.45) is 9.75. The first kappa shape index (κ1) is 28.5. The van der Waals surface area contributed by atoms with E-state index >= 15 is 0 Å². The molecule has 2 atom stereocenters. The molecular weight excluding hydrogens is 530 g/mol. The van der Waals surface area contributed by atoms with Crippen LogP contribution in [0.1, 0.15) is 24.1 Å². The summed E-state index contributed by atoms with van der Waals surface area (Å²) >= 11 is 0. The van der Waals surface area contributed by atoms with Crippen LogP contribution in [0, 0.1) is 12.3 Å². The minimum absolute atomic E-state index is 0.0514. The number of carbonyl (C=O) groups excluding carboxylic acids is 3. The molecule has 9 heteroatoms. The van der Waals surface area contributed by atoms with E-state index in [1.54, 1.807) is 41.2 Å². The number of terminal acetylenes is 1. The Balaban J connectivity index is 1.52. The molecule has 2 heterocycles. The fourth-order valence-corrected chi connectivity index (χ4v) is 5.63. The molecule has 4 amide bonds. The zero-order valence-electron chi connectivity index (χ0n) is 23.6. The van der Waals surface area contributed by atoms with Gasteiger partial charge in [-0.1, -0.05) is 66.6 Å². The van der Waals surface area contributed by atoms with Gasteiger partial charge in [-0.15, -0.1) is 6.42 Å². The molecule has 0 unspecified atom stereocenters. The third-order valence-corrected chi connectivity index (χ3v) is 7.70. The highest BCUT2D eigenvalue weighted by atomic mass is 16.3. The smallest absolute Gasteiger partial charge is 0.334 e. The Morgan fingerprint density at radius 1 is 1.10 bits per heavy atom. The lowest BCUT2D eigenvalue weighted by molar-refractivity contribution is -0.188. The van der Waals surface area contributed by atoms with Crippen molar-refractivity contribution in [3.63, 3.8) is 0 Å². The highest BCUT2D eigenvalue weighted by Crippen LogP contribution is 2.36. The van der Waals surface area contributed by atoms with E-state index in [4.69, 9.17) is 6.42 Å². The first-order valence-electron chi connectivity index (χ1n) is 13.7. The lowest BCUT2D eigenvalue weighted by atomic mass is 9.97. The number of hydrogen-bond donors (Lipinski definition) is 2. The van der Waals surface area contributed by atoms with E-state index in [2.05, 4.69) is 11.2 Å². The van der Waals surface area contributed by atoms with Gasteiger partial charge in [-0.25, -0.2) is 14.8 Å². The molecule has 2 aliphatic heterocycles. The number of allylic oxidation sites excluding steroid dienone is 2. The SMILES string of the molecule is C#C/C=C\C(=C/C)CNC(=O)N1[C@@H]2CN(Cc3cccc4ccccc34)C(=O)[C@@H](c3ccc(O)cc3)N2C(=O)CN1C. The van der Waals surface area contributed by atoms with Crippen LogP contribution in [0.2, 0.25) is 0 Å². The van der Waals surface area contributed by atoms with Gasteiger partial charge in [-0.05, 0) is 58.7 Å². The van der Waals surface area contributed by atoms with E-state index in [1.165, 1.54) is 22.0 Å². The van der Waals surface area contributed by atoms with Crippen LogP contribution >= 0.6 is 0 Å². The van der Waals surface area contributed by atoms with E-state index < -0.39 is 18.2 Å². The first-order chi connectivity index (χ1) is 20.3. The number of amides is 4. The van der Waals surface area contributed by atoms with Gasteiger partial charge in [-0.2, -0.15) is 0 Å². The summed E-state index contributed by atoms with van der Waals surface area (Å²) in [5.41, 5.74) is 2.34. The normalized spacial score (nSPS) is 19.7. The van der Waals surface area contributed by atoms with Gasteiger partial charge in [0.05, 0.1) is 13.1 Å². The number of piperazine rings is 1. The van der Waals surface area contributed by atoms with Crippen LogP contribution in [0.25, 0.3) is 10.8 Å². The summed E-state index contributed by atoms with van der Waals surface area (Å²) in [5.74, 6) is 1.98. The van der Waals surface area contributed by atoms with Crippen molar-refractivity contribution in [3.8, 4) is 18.1 Å². The molecule has 0 bridgehead atoms. The Morgan fingerprint density at radius 3 is 2.57 bits per heavy atom. The second kappa shape index (κ2) is 12.2. The number of hydrazine groups is 1. The van der Waals surface area contributed by atoms with E-state index in [1.807, 2.05) is 55.5 Å². The Labute approximate surface area is 245 Å². The second-order valence-corrected chi connectivity index (χ2v) is 10.3. The van der Waals surface area contributed by atoms with E-state index in [0.29, 0.717) is 12.1 Å². The predicted octanol–water partition coefficient (Wildman–Crippen LogP) is 3.79. The van der Waals surface area contributed by atoms with Crippen molar-refractivity contribution in [1.29, 1.82) is 0 Å². The largest absolute Gasteiger partial charge is 0.508 e. The van der Waals surface area contributed by atoms with Crippen molar-refractivity contribution in [3.05, 3.63) is 102 Å². The average molecular weight is 564 g/mol. The molecule has 5 rings (SSSR count). The molecule has 2 N–H and O–H groups in total. The Bertz CT molecular complexity index is 1600. The highest BCUT2D eigenvalue weighted by Gasteiger charge is 2.51. The number of fused-ring (bicyclic) bond motifs is 2. The molecule has 2 aliphatic rings. The van der Waals surface area contributed by atoms with Crippen LogP contribution < -0.4 is 5.32 Å². The topological polar surface area (TPSA) is 96.4 Å². The number of phenols is 1. The maximum Gasteiger partial charge on any atom is 0.334 e. The Morgan fingerprint density at radius 2 is 1.83 bits per heavy atom. The molecule has 2 fully saturated rings. The molecule has 214 valence electrons. The number of carbonyl (C=O) groups is 3. The number of urea groups is 1. The molecule has 2 saturated heterocycles. The van der Waals surface area contributed by atoms with Crippen LogP contribution in [0.3, 0.4) is 0 Å². The summed E-state index contributed by atoms with van der Waals surface area (Å²) in [4.78, 5) is 44.6. The van der Waals surface area contributed by atoms with Gasteiger partial charge < -0.3 is 20.2 Å². The van der Waals surface area contributed by atoms with Gasteiger partial charge in [0, 0.05) is 20.1 Å². The number of rotatable bonds is 6. The quantitative estimate of drug-likeness (QED) is 0.352. The third-order valence-electron chi connectivity index (χ3n) is 7.70. The van der Waals surface area contributed by atoms with Crippen molar-refractivity contribution in [2.24, 2.45) is 0 Å². The summed E-state index contributed by atoms with van der Waals surface area (Å²) < 4.78 is 0. The molecule has 9 nitrogen and oxygen atoms in total. The minimum atomic E-state index is -0.972. The fourth-order valence-electron chi connectivity index (χ4n) is 5.63. The predicted molar refractivity (Wildman–Crippen MR) is 160 cm³/mol. The van der Waals surface area contributed by atoms with Crippen molar-refractivity contribution in [2.45, 2.75) is 25.7 Å². The van der Waals surface area contributed by atoms with Gasteiger partial charge in [-0.3, -0.25) is 9.59 Å². The van der Waals surface area contributed by atoms with Crippen molar-refractivity contribution in [2.75, 3.05) is 26.7 Å². The zero-order valence-corrected chi connectivity index (χ0v) is 23.6. The Hall–Kier alpha value is -5.07. The second-order valence-electron chi connectivity index (χ2n) is 10.3. The third kappa shape index (κ3) is 5.57. The van der Waals surface area contributed by atoms with Crippen molar-refractivity contribution >= 4 is 28.6 Å². The van der Waals surface area contributed by atoms with Crippen molar-refractivity contribution < 1.29 is 19.5 Å². The van der Waals surface area contributed by atoms with E-state index in [9.17, 15) is 19.5 Å². The number of hydrogen-bond acceptors (Lipinski definition) is 5. The van der Waals surface area contributed by atoms with Gasteiger partial charge >= 0.3 is 6.03 Å². The lowest BCUT2D eigenvalue weighted by Gasteiger charge is -2.54. The van der Waals surface area contributed by atoms with Crippen LogP contribution in [0.4, 0.5) is 4.79 Å². The maximum absolute atomic E-state index is 14.2. The van der Waals surface area contributed by atoms with Gasteiger partial charge in [0.2, 0.25) is 5.91 Å². The maximum atomic E-state index is 14.2. The van der Waals surface area contributed by atoms with Gasteiger partial charge in [0.1, 0.15) is 18.0 Å². The lowest BCUT2D eigenvalue weighted by Crippen LogP contribution is -2.73. The van der Waals surface area contributed by atoms with Crippen molar-refractivity contribution in [1.82, 2.24) is 25.1 Å². The summed E-state index contributed by atoms with van der Waals surface area (Å²) in [6.45, 7) is 2.43. The monoisotopic (exact) mass is 563 g/mol. The number of nitrogens with one attached hydrogen (secondary N) is 1. The number of phenolic OH excluding ortho intramolecular Hbond substituents is 1. The van der Waals surface area contributed by atoms with Crippen LogP contribution in [-0.4, -0.2) is 75.6 Å². The van der Waals surface area contributed by atoms with Gasteiger partial charge in [0.25, 0.3) is 5.91 Å². The van der Waals surface area contributed by atoms with E-state index in [-0.39, 0.29) is 37.2 Å².